The van der Waals surface area contributed by atoms with Gasteiger partial charge in [-0.3, -0.25) is 4.79 Å². The molecule has 8 heteroatoms. The van der Waals surface area contributed by atoms with E-state index in [1.54, 1.807) is 6.07 Å². The van der Waals surface area contributed by atoms with Crippen LogP contribution < -0.4 is 4.72 Å². The van der Waals surface area contributed by atoms with Gasteiger partial charge in [-0.2, -0.15) is 9.98 Å². The lowest BCUT2D eigenvalue weighted by atomic mass is 10.2. The van der Waals surface area contributed by atoms with Crippen LogP contribution in [0.15, 0.2) is 23.1 Å². The number of carboxylic acid groups (broad SMARTS) is 1. The maximum atomic E-state index is 12.1. The summed E-state index contributed by atoms with van der Waals surface area (Å²) in [6.45, 7) is 0. The van der Waals surface area contributed by atoms with E-state index in [2.05, 4.69) is 5.92 Å². The number of benzene rings is 1. The summed E-state index contributed by atoms with van der Waals surface area (Å²) in [5, 5.41) is 17.5. The summed E-state index contributed by atoms with van der Waals surface area (Å²) >= 11 is 5.76. The Bertz CT molecular complexity index is 716. The maximum Gasteiger partial charge on any atom is 0.322 e. The number of carboxylic acids is 1. The third kappa shape index (κ3) is 3.72. The van der Waals surface area contributed by atoms with Gasteiger partial charge in [0, 0.05) is 6.42 Å². The molecule has 1 unspecified atom stereocenters. The lowest BCUT2D eigenvalue weighted by molar-refractivity contribution is -0.138. The minimum Gasteiger partial charge on any atom is -0.480 e. The number of hydrogen-bond donors (Lipinski definition) is 2. The van der Waals surface area contributed by atoms with Gasteiger partial charge in [-0.1, -0.05) is 11.6 Å². The Morgan fingerprint density at radius 3 is 2.70 bits per heavy atom. The van der Waals surface area contributed by atoms with Gasteiger partial charge in [0.05, 0.1) is 16.7 Å². The highest BCUT2D eigenvalue weighted by Crippen LogP contribution is 2.22. The molecule has 0 aliphatic carbocycles. The molecule has 0 fully saturated rings. The molecule has 0 saturated carbocycles. The van der Waals surface area contributed by atoms with Gasteiger partial charge in [0.2, 0.25) is 10.0 Å². The zero-order chi connectivity index (χ0) is 15.3. The quantitative estimate of drug-likeness (QED) is 0.788. The smallest absolute Gasteiger partial charge is 0.322 e. The number of carbonyl (C=O) groups is 1. The summed E-state index contributed by atoms with van der Waals surface area (Å²) in [4.78, 5) is 10.5. The Labute approximate surface area is 121 Å². The molecule has 1 aromatic carbocycles. The molecular weight excluding hydrogens is 304 g/mol. The molecule has 6 nitrogen and oxygen atoms in total. The van der Waals surface area contributed by atoms with Crippen LogP contribution in [-0.2, 0) is 14.8 Å². The van der Waals surface area contributed by atoms with Crippen LogP contribution in [0, 0.1) is 23.7 Å². The molecule has 20 heavy (non-hydrogen) atoms. The zero-order valence-corrected chi connectivity index (χ0v) is 11.6. The molecule has 0 bridgehead atoms. The van der Waals surface area contributed by atoms with E-state index in [9.17, 15) is 13.2 Å². The largest absolute Gasteiger partial charge is 0.480 e. The fourth-order valence-electron chi connectivity index (χ4n) is 1.33. The van der Waals surface area contributed by atoms with Crippen molar-refractivity contribution in [1.29, 1.82) is 5.26 Å². The van der Waals surface area contributed by atoms with Crippen LogP contribution in [0.2, 0.25) is 5.02 Å². The first kappa shape index (κ1) is 16.0. The van der Waals surface area contributed by atoms with E-state index in [-0.39, 0.29) is 21.9 Å². The van der Waals surface area contributed by atoms with Crippen molar-refractivity contribution in [3.05, 3.63) is 28.8 Å². The highest BCUT2D eigenvalue weighted by atomic mass is 35.5. The second kappa shape index (κ2) is 6.40. The van der Waals surface area contributed by atoms with E-state index in [0.717, 1.165) is 6.07 Å². The Balaban J connectivity index is 3.21. The molecule has 0 radical (unpaired) electrons. The first-order chi connectivity index (χ1) is 9.31. The summed E-state index contributed by atoms with van der Waals surface area (Å²) in [7, 11) is -4.20. The third-order valence-electron chi connectivity index (χ3n) is 2.27. The first-order valence-electron chi connectivity index (χ1n) is 5.20. The number of nitriles is 1. The molecule has 1 aromatic rings. The zero-order valence-electron chi connectivity index (χ0n) is 10.00. The maximum absolute atomic E-state index is 12.1. The lowest BCUT2D eigenvalue weighted by Crippen LogP contribution is -2.40. The monoisotopic (exact) mass is 312 g/mol. The molecule has 0 spiro atoms. The Morgan fingerprint density at radius 2 is 2.20 bits per heavy atom. The van der Waals surface area contributed by atoms with Crippen molar-refractivity contribution in [3.63, 3.8) is 0 Å². The van der Waals surface area contributed by atoms with Gasteiger partial charge in [-0.15, -0.1) is 12.3 Å². The van der Waals surface area contributed by atoms with Gasteiger partial charge in [-0.25, -0.2) is 8.42 Å². The molecular formula is C12H9ClN2O4S. The van der Waals surface area contributed by atoms with Crippen LogP contribution in [0.25, 0.3) is 0 Å². The standard InChI is InChI=1S/C12H9ClN2O4S/c1-2-3-10(12(16)17)15-20(18,19)11-6-8(7-14)4-5-9(11)13/h1,4-6,10,15H,3H2,(H,16,17). The molecule has 0 aromatic heterocycles. The van der Waals surface area contributed by atoms with E-state index in [4.69, 9.17) is 28.4 Å². The van der Waals surface area contributed by atoms with E-state index in [1.807, 2.05) is 4.72 Å². The number of halogens is 1. The predicted molar refractivity (Wildman–Crippen MR) is 71.4 cm³/mol. The van der Waals surface area contributed by atoms with Gasteiger partial charge in [0.25, 0.3) is 0 Å². The van der Waals surface area contributed by atoms with E-state index >= 15 is 0 Å². The van der Waals surface area contributed by atoms with Crippen LogP contribution in [0.5, 0.6) is 0 Å². The minimum atomic E-state index is -4.20. The summed E-state index contributed by atoms with van der Waals surface area (Å²) in [6.07, 6.45) is 4.67. The molecule has 0 saturated heterocycles. The number of nitrogens with one attached hydrogen (secondary N) is 1. The first-order valence-corrected chi connectivity index (χ1v) is 7.06. The van der Waals surface area contributed by atoms with Crippen LogP contribution in [0.1, 0.15) is 12.0 Å². The van der Waals surface area contributed by atoms with Crippen molar-refractivity contribution in [3.8, 4) is 18.4 Å². The van der Waals surface area contributed by atoms with Gasteiger partial charge in [0.1, 0.15) is 10.9 Å². The fraction of sp³-hybridized carbons (Fsp3) is 0.167. The van der Waals surface area contributed by atoms with Gasteiger partial charge >= 0.3 is 5.97 Å². The molecule has 0 aliphatic rings. The minimum absolute atomic E-state index is 0.0820. The van der Waals surface area contributed by atoms with Gasteiger partial charge in [0.15, 0.2) is 0 Å². The van der Waals surface area contributed by atoms with Crippen LogP contribution >= 0.6 is 11.6 Å². The van der Waals surface area contributed by atoms with Crippen molar-refractivity contribution >= 4 is 27.6 Å². The molecule has 104 valence electrons. The van der Waals surface area contributed by atoms with E-state index in [0.29, 0.717) is 0 Å². The summed E-state index contributed by atoms with van der Waals surface area (Å²) in [6, 6.07) is 3.94. The topological polar surface area (TPSA) is 107 Å². The van der Waals surface area contributed by atoms with Crippen molar-refractivity contribution in [2.24, 2.45) is 0 Å². The van der Waals surface area contributed by atoms with Crippen LogP contribution in [-0.4, -0.2) is 25.5 Å². The lowest BCUT2D eigenvalue weighted by Gasteiger charge is -2.13. The van der Waals surface area contributed by atoms with Crippen molar-refractivity contribution in [2.45, 2.75) is 17.4 Å². The average Bonchev–Trinajstić information content (AvgIpc) is 2.38. The number of hydrogen-bond acceptors (Lipinski definition) is 4. The SMILES string of the molecule is C#CCC(NS(=O)(=O)c1cc(C#N)ccc1Cl)C(=O)O. The normalized spacial score (nSPS) is 12.2. The molecule has 0 amide bonds. The number of nitrogens with zero attached hydrogens (tertiary/aromatic N) is 1. The molecule has 1 atom stereocenters. The van der Waals surface area contributed by atoms with Gasteiger partial charge < -0.3 is 5.11 Å². The Kier molecular flexibility index (Phi) is 5.12. The number of aliphatic carboxylic acids is 1. The van der Waals surface area contributed by atoms with E-state index in [1.165, 1.54) is 12.1 Å². The fourth-order valence-corrected chi connectivity index (χ4v) is 3.04. The highest BCUT2D eigenvalue weighted by Gasteiger charge is 2.26. The van der Waals surface area contributed by atoms with Crippen LogP contribution in [0.3, 0.4) is 0 Å². The molecule has 0 heterocycles. The summed E-state index contributed by atoms with van der Waals surface area (Å²) in [5.41, 5.74) is 0.0820. The van der Waals surface area contributed by atoms with E-state index < -0.39 is 22.0 Å². The molecule has 2 N–H and O–H groups in total. The molecule has 1 rings (SSSR count). The number of sulfonamides is 1. The predicted octanol–water partition coefficient (Wildman–Crippen LogP) is 0.966. The number of terminal acetylenes is 1. The summed E-state index contributed by atoms with van der Waals surface area (Å²) in [5.74, 6) is 0.664. The van der Waals surface area contributed by atoms with Crippen LogP contribution in [0.4, 0.5) is 0 Å². The average molecular weight is 313 g/mol. The Hall–Kier alpha value is -2.06. The van der Waals surface area contributed by atoms with Crippen molar-refractivity contribution in [1.82, 2.24) is 4.72 Å². The second-order valence-corrected chi connectivity index (χ2v) is 5.77. The Morgan fingerprint density at radius 1 is 1.55 bits per heavy atom. The summed E-state index contributed by atoms with van der Waals surface area (Å²) < 4.78 is 26.1. The van der Waals surface area contributed by atoms with Gasteiger partial charge in [-0.05, 0) is 18.2 Å². The van der Waals surface area contributed by atoms with Crippen molar-refractivity contribution < 1.29 is 18.3 Å². The van der Waals surface area contributed by atoms with Crippen molar-refractivity contribution in [2.75, 3.05) is 0 Å². The number of rotatable bonds is 5. The third-order valence-corrected chi connectivity index (χ3v) is 4.22. The highest BCUT2D eigenvalue weighted by molar-refractivity contribution is 7.89. The molecule has 0 aliphatic heterocycles. The second-order valence-electron chi connectivity index (χ2n) is 3.68.